The van der Waals surface area contributed by atoms with Gasteiger partial charge in [0.05, 0.1) is 0 Å². The smallest absolute Gasteiger partial charge is 0.407 e. The van der Waals surface area contributed by atoms with Crippen LogP contribution in [-0.2, 0) is 4.74 Å². The quantitative estimate of drug-likeness (QED) is 0.841. The predicted molar refractivity (Wildman–Crippen MR) is 71.6 cm³/mol. The average Bonchev–Trinajstić information content (AvgIpc) is 3.08. The SMILES string of the molecule is CC(C)(C)OC(=O)NCC1CCCN(C2CC2)C1. The number of hydrogen-bond acceptors (Lipinski definition) is 3. The molecule has 1 saturated heterocycles. The van der Waals surface area contributed by atoms with Crippen molar-refractivity contribution in [2.24, 2.45) is 5.92 Å². The molecule has 1 aliphatic carbocycles. The van der Waals surface area contributed by atoms with Crippen molar-refractivity contribution in [3.8, 4) is 0 Å². The van der Waals surface area contributed by atoms with E-state index in [0.29, 0.717) is 5.92 Å². The third-order valence-corrected chi connectivity index (χ3v) is 3.55. The van der Waals surface area contributed by atoms with Gasteiger partial charge in [0, 0.05) is 19.1 Å². The first-order valence-electron chi connectivity index (χ1n) is 7.15. The molecule has 1 unspecified atom stereocenters. The Kier molecular flexibility index (Phi) is 4.15. The van der Waals surface area contributed by atoms with Crippen molar-refractivity contribution in [2.45, 2.75) is 58.1 Å². The number of rotatable bonds is 3. The third-order valence-electron chi connectivity index (χ3n) is 3.55. The summed E-state index contributed by atoms with van der Waals surface area (Å²) in [6, 6.07) is 0.842. The lowest BCUT2D eigenvalue weighted by Crippen LogP contribution is -2.42. The highest BCUT2D eigenvalue weighted by Gasteiger charge is 2.32. The number of piperidine rings is 1. The van der Waals surface area contributed by atoms with Gasteiger partial charge in [-0.05, 0) is 58.9 Å². The fourth-order valence-electron chi connectivity index (χ4n) is 2.58. The molecule has 18 heavy (non-hydrogen) atoms. The monoisotopic (exact) mass is 254 g/mol. The van der Waals surface area contributed by atoms with E-state index in [9.17, 15) is 4.79 Å². The van der Waals surface area contributed by atoms with Gasteiger partial charge in [0.25, 0.3) is 0 Å². The van der Waals surface area contributed by atoms with Gasteiger partial charge in [0.1, 0.15) is 5.60 Å². The lowest BCUT2D eigenvalue weighted by atomic mass is 9.98. The Bertz CT molecular complexity index is 295. The average molecular weight is 254 g/mol. The van der Waals surface area contributed by atoms with Crippen molar-refractivity contribution < 1.29 is 9.53 Å². The second-order valence-electron chi connectivity index (χ2n) is 6.62. The molecule has 1 heterocycles. The van der Waals surface area contributed by atoms with Crippen molar-refractivity contribution in [3.05, 3.63) is 0 Å². The molecule has 0 aromatic rings. The van der Waals surface area contributed by atoms with Gasteiger partial charge in [0.15, 0.2) is 0 Å². The number of ether oxygens (including phenoxy) is 1. The lowest BCUT2D eigenvalue weighted by Gasteiger charge is -2.33. The zero-order valence-corrected chi connectivity index (χ0v) is 11.9. The zero-order valence-electron chi connectivity index (χ0n) is 11.9. The Labute approximate surface area is 110 Å². The number of nitrogens with one attached hydrogen (secondary N) is 1. The predicted octanol–water partition coefficient (Wildman–Crippen LogP) is 2.39. The van der Waals surface area contributed by atoms with Gasteiger partial charge in [-0.25, -0.2) is 4.79 Å². The molecule has 0 radical (unpaired) electrons. The fraction of sp³-hybridized carbons (Fsp3) is 0.929. The number of amides is 1. The normalized spacial score (nSPS) is 25.8. The molecule has 0 spiro atoms. The van der Waals surface area contributed by atoms with Gasteiger partial charge < -0.3 is 15.0 Å². The molecule has 1 atom stereocenters. The van der Waals surface area contributed by atoms with Crippen molar-refractivity contribution >= 4 is 6.09 Å². The number of likely N-dealkylation sites (tertiary alicyclic amines) is 1. The summed E-state index contributed by atoms with van der Waals surface area (Å²) in [7, 11) is 0. The summed E-state index contributed by atoms with van der Waals surface area (Å²) < 4.78 is 5.25. The minimum absolute atomic E-state index is 0.286. The van der Waals surface area contributed by atoms with Crippen molar-refractivity contribution in [3.63, 3.8) is 0 Å². The number of hydrogen-bond donors (Lipinski definition) is 1. The molecule has 0 aromatic heterocycles. The molecular weight excluding hydrogens is 228 g/mol. The van der Waals surface area contributed by atoms with Gasteiger partial charge in [-0.15, -0.1) is 0 Å². The summed E-state index contributed by atoms with van der Waals surface area (Å²) in [6.45, 7) is 8.80. The minimum atomic E-state index is -0.406. The largest absolute Gasteiger partial charge is 0.444 e. The first-order chi connectivity index (χ1) is 8.44. The van der Waals surface area contributed by atoms with E-state index in [2.05, 4.69) is 10.2 Å². The van der Waals surface area contributed by atoms with E-state index in [1.165, 1.54) is 32.2 Å². The summed E-state index contributed by atoms with van der Waals surface area (Å²) in [5, 5.41) is 2.90. The highest BCUT2D eigenvalue weighted by atomic mass is 16.6. The Hall–Kier alpha value is -0.770. The van der Waals surface area contributed by atoms with E-state index in [4.69, 9.17) is 4.74 Å². The molecular formula is C14H26N2O2. The van der Waals surface area contributed by atoms with E-state index >= 15 is 0 Å². The van der Waals surface area contributed by atoms with Crippen LogP contribution >= 0.6 is 0 Å². The van der Waals surface area contributed by atoms with Crippen LogP contribution in [-0.4, -0.2) is 42.3 Å². The van der Waals surface area contributed by atoms with Gasteiger partial charge >= 0.3 is 6.09 Å². The van der Waals surface area contributed by atoms with E-state index in [-0.39, 0.29) is 6.09 Å². The Morgan fingerprint density at radius 2 is 2.06 bits per heavy atom. The maximum Gasteiger partial charge on any atom is 0.407 e. The Balaban J connectivity index is 1.67. The molecule has 4 heteroatoms. The Morgan fingerprint density at radius 1 is 1.33 bits per heavy atom. The van der Waals surface area contributed by atoms with Gasteiger partial charge in [-0.1, -0.05) is 0 Å². The topological polar surface area (TPSA) is 41.6 Å². The zero-order chi connectivity index (χ0) is 13.2. The number of alkyl carbamates (subject to hydrolysis) is 1. The Morgan fingerprint density at radius 3 is 2.67 bits per heavy atom. The van der Waals surface area contributed by atoms with E-state index in [1.807, 2.05) is 20.8 Å². The van der Waals surface area contributed by atoms with Crippen molar-refractivity contribution in [1.29, 1.82) is 0 Å². The molecule has 2 rings (SSSR count). The maximum absolute atomic E-state index is 11.6. The number of nitrogens with zero attached hydrogens (tertiary/aromatic N) is 1. The fourth-order valence-corrected chi connectivity index (χ4v) is 2.58. The van der Waals surface area contributed by atoms with Crippen LogP contribution in [0.25, 0.3) is 0 Å². The number of carbonyl (C=O) groups excluding carboxylic acids is 1. The van der Waals surface area contributed by atoms with Crippen LogP contribution in [0.3, 0.4) is 0 Å². The summed E-state index contributed by atoms with van der Waals surface area (Å²) in [4.78, 5) is 14.2. The van der Waals surface area contributed by atoms with E-state index in [1.54, 1.807) is 0 Å². The minimum Gasteiger partial charge on any atom is -0.444 e. The van der Waals surface area contributed by atoms with E-state index < -0.39 is 5.60 Å². The molecule has 0 aromatic carbocycles. The second kappa shape index (κ2) is 5.47. The highest BCUT2D eigenvalue weighted by Crippen LogP contribution is 2.30. The van der Waals surface area contributed by atoms with Crippen molar-refractivity contribution in [1.82, 2.24) is 10.2 Å². The molecule has 1 N–H and O–H groups in total. The van der Waals surface area contributed by atoms with Crippen LogP contribution < -0.4 is 5.32 Å². The van der Waals surface area contributed by atoms with Crippen molar-refractivity contribution in [2.75, 3.05) is 19.6 Å². The first-order valence-corrected chi connectivity index (χ1v) is 7.15. The molecule has 1 aliphatic heterocycles. The summed E-state index contributed by atoms with van der Waals surface area (Å²) in [5.41, 5.74) is -0.406. The number of carbonyl (C=O) groups is 1. The molecule has 2 fully saturated rings. The van der Waals surface area contributed by atoms with Crippen LogP contribution in [0, 0.1) is 5.92 Å². The van der Waals surface area contributed by atoms with Crippen LogP contribution in [0.2, 0.25) is 0 Å². The maximum atomic E-state index is 11.6. The molecule has 1 saturated carbocycles. The summed E-state index contributed by atoms with van der Waals surface area (Å²) in [5.74, 6) is 0.590. The van der Waals surface area contributed by atoms with E-state index in [0.717, 1.165) is 19.1 Å². The molecule has 2 aliphatic rings. The second-order valence-corrected chi connectivity index (χ2v) is 6.62. The standard InChI is InChI=1S/C14H26N2O2/c1-14(2,3)18-13(17)15-9-11-5-4-8-16(10-11)12-6-7-12/h11-12H,4-10H2,1-3H3,(H,15,17). The summed E-state index contributed by atoms with van der Waals surface area (Å²) in [6.07, 6.45) is 4.93. The lowest BCUT2D eigenvalue weighted by molar-refractivity contribution is 0.0506. The highest BCUT2D eigenvalue weighted by molar-refractivity contribution is 5.67. The third kappa shape index (κ3) is 4.48. The van der Waals surface area contributed by atoms with Crippen LogP contribution in [0.4, 0.5) is 4.79 Å². The molecule has 4 nitrogen and oxygen atoms in total. The van der Waals surface area contributed by atoms with Crippen LogP contribution in [0.15, 0.2) is 0 Å². The molecule has 1 amide bonds. The van der Waals surface area contributed by atoms with Gasteiger partial charge in [-0.3, -0.25) is 0 Å². The first kappa shape index (κ1) is 13.7. The van der Waals surface area contributed by atoms with Gasteiger partial charge in [-0.2, -0.15) is 0 Å². The van der Waals surface area contributed by atoms with Crippen LogP contribution in [0.5, 0.6) is 0 Å². The summed E-state index contributed by atoms with van der Waals surface area (Å²) >= 11 is 0. The molecule has 0 bridgehead atoms. The molecule has 104 valence electrons. The van der Waals surface area contributed by atoms with Crippen LogP contribution in [0.1, 0.15) is 46.5 Å². The van der Waals surface area contributed by atoms with Gasteiger partial charge in [0.2, 0.25) is 0 Å².